The van der Waals surface area contributed by atoms with Crippen LogP contribution in [0, 0.1) is 6.92 Å². The summed E-state index contributed by atoms with van der Waals surface area (Å²) in [6.45, 7) is 2.07. The highest BCUT2D eigenvalue weighted by atomic mass is 16.3. The molecule has 1 aliphatic rings. The van der Waals surface area contributed by atoms with E-state index in [0.717, 1.165) is 30.5 Å². The number of hydrogen-bond acceptors (Lipinski definition) is 2. The van der Waals surface area contributed by atoms with Gasteiger partial charge < -0.3 is 5.11 Å². The number of aliphatic hydroxyl groups is 1. The predicted molar refractivity (Wildman–Crippen MR) is 80.7 cm³/mol. The van der Waals surface area contributed by atoms with Crippen LogP contribution in [0.3, 0.4) is 0 Å². The van der Waals surface area contributed by atoms with Crippen molar-refractivity contribution in [3.63, 3.8) is 0 Å². The molecule has 0 amide bonds. The first-order valence-corrected chi connectivity index (χ1v) is 7.44. The van der Waals surface area contributed by atoms with Crippen LogP contribution in [0.5, 0.6) is 0 Å². The third kappa shape index (κ3) is 2.61. The van der Waals surface area contributed by atoms with E-state index in [1.165, 1.54) is 17.5 Å². The second kappa shape index (κ2) is 5.76. The molecule has 2 aromatic rings. The molecule has 0 radical (unpaired) electrons. The molecule has 20 heavy (non-hydrogen) atoms. The molecule has 1 aliphatic carbocycles. The SMILES string of the molecule is Cc1ccc([C@H](O)[C@H]2CCCCc3cccnc32)cc1. The maximum Gasteiger partial charge on any atom is 0.0873 e. The van der Waals surface area contributed by atoms with E-state index in [-0.39, 0.29) is 5.92 Å². The van der Waals surface area contributed by atoms with Crippen molar-refractivity contribution in [1.29, 1.82) is 0 Å². The zero-order valence-electron chi connectivity index (χ0n) is 11.9. The topological polar surface area (TPSA) is 33.1 Å². The van der Waals surface area contributed by atoms with Crippen LogP contribution in [0.15, 0.2) is 42.6 Å². The molecule has 2 nitrogen and oxygen atoms in total. The number of aryl methyl sites for hydroxylation is 2. The van der Waals surface area contributed by atoms with E-state index < -0.39 is 6.10 Å². The van der Waals surface area contributed by atoms with Gasteiger partial charge in [0.25, 0.3) is 0 Å². The summed E-state index contributed by atoms with van der Waals surface area (Å²) in [5.74, 6) is 0.122. The molecule has 0 saturated carbocycles. The lowest BCUT2D eigenvalue weighted by atomic mass is 9.88. The largest absolute Gasteiger partial charge is 0.388 e. The summed E-state index contributed by atoms with van der Waals surface area (Å²) >= 11 is 0. The second-order valence-corrected chi connectivity index (χ2v) is 5.76. The van der Waals surface area contributed by atoms with Crippen molar-refractivity contribution in [2.24, 2.45) is 0 Å². The third-order valence-corrected chi connectivity index (χ3v) is 4.29. The number of benzene rings is 1. The highest BCUT2D eigenvalue weighted by Crippen LogP contribution is 2.38. The Morgan fingerprint density at radius 1 is 1.15 bits per heavy atom. The van der Waals surface area contributed by atoms with Gasteiger partial charge >= 0.3 is 0 Å². The summed E-state index contributed by atoms with van der Waals surface area (Å²) in [6.07, 6.45) is 5.83. The van der Waals surface area contributed by atoms with Crippen LogP contribution < -0.4 is 0 Å². The van der Waals surface area contributed by atoms with Gasteiger partial charge in [0, 0.05) is 17.8 Å². The highest BCUT2D eigenvalue weighted by Gasteiger charge is 2.27. The molecule has 0 spiro atoms. The molecule has 2 atom stereocenters. The van der Waals surface area contributed by atoms with E-state index in [2.05, 4.69) is 30.1 Å². The average molecular weight is 267 g/mol. The first kappa shape index (κ1) is 13.3. The highest BCUT2D eigenvalue weighted by molar-refractivity contribution is 5.30. The minimum absolute atomic E-state index is 0.122. The fourth-order valence-electron chi connectivity index (χ4n) is 3.12. The van der Waals surface area contributed by atoms with Crippen molar-refractivity contribution < 1.29 is 5.11 Å². The standard InChI is InChI=1S/C18H21NO/c1-13-8-10-15(11-9-13)18(20)16-7-3-2-5-14-6-4-12-19-17(14)16/h4,6,8-12,16,18,20H,2-3,5,7H2,1H3/t16-,18-/m0/s1. The molecule has 0 aliphatic heterocycles. The van der Waals surface area contributed by atoms with Crippen LogP contribution in [0.1, 0.15) is 53.7 Å². The number of fused-ring (bicyclic) bond motifs is 1. The Labute approximate surface area is 120 Å². The minimum Gasteiger partial charge on any atom is -0.388 e. The smallest absolute Gasteiger partial charge is 0.0873 e. The normalized spacial score (nSPS) is 20.0. The Kier molecular flexibility index (Phi) is 3.83. The van der Waals surface area contributed by atoms with Gasteiger partial charge in [0.2, 0.25) is 0 Å². The molecule has 1 N–H and O–H groups in total. The number of aliphatic hydroxyl groups excluding tert-OH is 1. The molecule has 0 bridgehead atoms. The Balaban J connectivity index is 1.94. The fourth-order valence-corrected chi connectivity index (χ4v) is 3.12. The molecule has 0 unspecified atom stereocenters. The molecule has 104 valence electrons. The van der Waals surface area contributed by atoms with Gasteiger partial charge in [0.1, 0.15) is 0 Å². The van der Waals surface area contributed by atoms with E-state index >= 15 is 0 Å². The van der Waals surface area contributed by atoms with Crippen LogP contribution in [0.4, 0.5) is 0 Å². The van der Waals surface area contributed by atoms with Crippen LogP contribution in [-0.4, -0.2) is 10.1 Å². The first-order chi connectivity index (χ1) is 9.75. The van der Waals surface area contributed by atoms with Gasteiger partial charge in [-0.15, -0.1) is 0 Å². The van der Waals surface area contributed by atoms with Crippen molar-refractivity contribution in [3.05, 3.63) is 65.0 Å². The number of nitrogens with zero attached hydrogens (tertiary/aromatic N) is 1. The molecule has 0 saturated heterocycles. The van der Waals surface area contributed by atoms with E-state index in [1.54, 1.807) is 0 Å². The summed E-state index contributed by atoms with van der Waals surface area (Å²) in [4.78, 5) is 4.56. The van der Waals surface area contributed by atoms with Crippen LogP contribution in [0.2, 0.25) is 0 Å². The zero-order valence-corrected chi connectivity index (χ0v) is 11.9. The van der Waals surface area contributed by atoms with Crippen molar-refractivity contribution in [1.82, 2.24) is 4.98 Å². The van der Waals surface area contributed by atoms with Crippen molar-refractivity contribution in [3.8, 4) is 0 Å². The average Bonchev–Trinajstić information content (AvgIpc) is 2.69. The molecular weight excluding hydrogens is 246 g/mol. The van der Waals surface area contributed by atoms with Crippen molar-refractivity contribution in [2.45, 2.75) is 44.6 Å². The van der Waals surface area contributed by atoms with Crippen molar-refractivity contribution in [2.75, 3.05) is 0 Å². The number of aromatic nitrogens is 1. The Bertz CT molecular complexity index is 576. The van der Waals surface area contributed by atoms with Gasteiger partial charge in [-0.2, -0.15) is 0 Å². The molecule has 0 fully saturated rings. The van der Waals surface area contributed by atoms with E-state index in [1.807, 2.05) is 24.4 Å². The Hall–Kier alpha value is -1.67. The molecular formula is C18H21NO. The molecule has 3 rings (SSSR count). The zero-order chi connectivity index (χ0) is 13.9. The molecule has 2 heteroatoms. The molecule has 1 aromatic carbocycles. The van der Waals surface area contributed by atoms with Crippen molar-refractivity contribution >= 4 is 0 Å². The maximum absolute atomic E-state index is 10.8. The third-order valence-electron chi connectivity index (χ3n) is 4.29. The summed E-state index contributed by atoms with van der Waals surface area (Å²) in [7, 11) is 0. The maximum atomic E-state index is 10.8. The number of rotatable bonds is 2. The summed E-state index contributed by atoms with van der Waals surface area (Å²) in [5, 5.41) is 10.8. The fraction of sp³-hybridized carbons (Fsp3) is 0.389. The predicted octanol–water partition coefficient (Wildman–Crippen LogP) is 3.93. The minimum atomic E-state index is -0.456. The molecule has 1 aromatic heterocycles. The quantitative estimate of drug-likeness (QED) is 0.836. The van der Waals surface area contributed by atoms with E-state index in [0.29, 0.717) is 0 Å². The lowest BCUT2D eigenvalue weighted by Crippen LogP contribution is -2.13. The number of hydrogen-bond donors (Lipinski definition) is 1. The van der Waals surface area contributed by atoms with Gasteiger partial charge in [0.15, 0.2) is 0 Å². The Morgan fingerprint density at radius 2 is 1.95 bits per heavy atom. The molecule has 1 heterocycles. The van der Waals surface area contributed by atoms with Gasteiger partial charge in [0.05, 0.1) is 6.10 Å². The van der Waals surface area contributed by atoms with E-state index in [4.69, 9.17) is 0 Å². The Morgan fingerprint density at radius 3 is 2.75 bits per heavy atom. The van der Waals surface area contributed by atoms with Gasteiger partial charge in [-0.3, -0.25) is 4.98 Å². The number of pyridine rings is 1. The summed E-state index contributed by atoms with van der Waals surface area (Å²) in [6, 6.07) is 12.4. The van der Waals surface area contributed by atoms with E-state index in [9.17, 15) is 5.11 Å². The lowest BCUT2D eigenvalue weighted by Gasteiger charge is -2.23. The van der Waals surface area contributed by atoms with Gasteiger partial charge in [-0.1, -0.05) is 42.3 Å². The van der Waals surface area contributed by atoms with Crippen LogP contribution in [-0.2, 0) is 6.42 Å². The van der Waals surface area contributed by atoms with Crippen LogP contribution in [0.25, 0.3) is 0 Å². The first-order valence-electron chi connectivity index (χ1n) is 7.44. The van der Waals surface area contributed by atoms with Gasteiger partial charge in [-0.05, 0) is 43.4 Å². The van der Waals surface area contributed by atoms with Gasteiger partial charge in [-0.25, -0.2) is 0 Å². The second-order valence-electron chi connectivity index (χ2n) is 5.76. The summed E-state index contributed by atoms with van der Waals surface area (Å²) in [5.41, 5.74) is 4.62. The lowest BCUT2D eigenvalue weighted by molar-refractivity contribution is 0.138. The summed E-state index contributed by atoms with van der Waals surface area (Å²) < 4.78 is 0. The monoisotopic (exact) mass is 267 g/mol. The van der Waals surface area contributed by atoms with Crippen LogP contribution >= 0.6 is 0 Å².